The maximum Gasteiger partial charge on any atom is 0.400 e. The molecule has 6 heteroatoms. The summed E-state index contributed by atoms with van der Waals surface area (Å²) in [5.41, 5.74) is 0. The molecule has 0 aromatic carbocycles. The first-order valence-corrected chi connectivity index (χ1v) is 7.33. The van der Waals surface area contributed by atoms with Crippen molar-refractivity contribution in [3.8, 4) is 0 Å². The van der Waals surface area contributed by atoms with E-state index in [9.17, 15) is 26.3 Å². The average molecular weight is 306 g/mol. The summed E-state index contributed by atoms with van der Waals surface area (Å²) in [7, 11) is 0. The molecule has 0 aliphatic rings. The van der Waals surface area contributed by atoms with Crippen LogP contribution in [0.5, 0.6) is 0 Å². The van der Waals surface area contributed by atoms with E-state index in [1.54, 1.807) is 0 Å². The Balaban J connectivity index is 3.71. The Morgan fingerprint density at radius 2 is 0.950 bits per heavy atom. The van der Waals surface area contributed by atoms with Crippen molar-refractivity contribution >= 4 is 0 Å². The van der Waals surface area contributed by atoms with E-state index in [4.69, 9.17) is 0 Å². The minimum atomic E-state index is -5.18. The molecular weight excluding hydrogens is 282 g/mol. The third-order valence-corrected chi connectivity index (χ3v) is 3.39. The van der Waals surface area contributed by atoms with Crippen LogP contribution in [-0.4, -0.2) is 12.4 Å². The van der Waals surface area contributed by atoms with Crippen LogP contribution in [0.2, 0.25) is 0 Å². The molecule has 0 heterocycles. The van der Waals surface area contributed by atoms with Gasteiger partial charge in [0.1, 0.15) is 0 Å². The number of hydrogen-bond donors (Lipinski definition) is 0. The molecule has 0 fully saturated rings. The van der Waals surface area contributed by atoms with Crippen molar-refractivity contribution in [3.63, 3.8) is 0 Å². The highest BCUT2D eigenvalue weighted by atomic mass is 19.4. The largest absolute Gasteiger partial charge is 0.400 e. The summed E-state index contributed by atoms with van der Waals surface area (Å²) in [4.78, 5) is 0. The Morgan fingerprint density at radius 3 is 1.30 bits per heavy atom. The molecule has 0 radical (unpaired) electrons. The summed E-state index contributed by atoms with van der Waals surface area (Å²) >= 11 is 0. The maximum absolute atomic E-state index is 12.2. The summed E-state index contributed by atoms with van der Waals surface area (Å²) in [5, 5.41) is 0. The van der Waals surface area contributed by atoms with Crippen LogP contribution in [0.4, 0.5) is 26.3 Å². The van der Waals surface area contributed by atoms with E-state index < -0.39 is 24.7 Å². The molecule has 20 heavy (non-hydrogen) atoms. The van der Waals surface area contributed by atoms with Crippen LogP contribution in [0.25, 0.3) is 0 Å². The van der Waals surface area contributed by atoms with E-state index in [2.05, 4.69) is 6.92 Å². The molecule has 0 bridgehead atoms. The average Bonchev–Trinajstić information content (AvgIpc) is 2.28. The molecule has 0 aromatic heterocycles. The molecule has 0 N–H and O–H groups in total. The Bertz CT molecular complexity index is 217. The molecule has 0 unspecified atom stereocenters. The van der Waals surface area contributed by atoms with Gasteiger partial charge in [-0.1, -0.05) is 64.7 Å². The van der Waals surface area contributed by atoms with Crippen molar-refractivity contribution in [1.29, 1.82) is 0 Å². The third-order valence-electron chi connectivity index (χ3n) is 3.39. The zero-order valence-electron chi connectivity index (χ0n) is 11.9. The van der Waals surface area contributed by atoms with Gasteiger partial charge >= 0.3 is 12.4 Å². The lowest BCUT2D eigenvalue weighted by Crippen LogP contribution is -2.36. The minimum absolute atomic E-state index is 0.0152. The smallest absolute Gasteiger partial charge is 0.170 e. The van der Waals surface area contributed by atoms with Crippen molar-refractivity contribution in [2.24, 2.45) is 5.92 Å². The molecule has 0 saturated heterocycles. The van der Waals surface area contributed by atoms with Crippen LogP contribution in [0.1, 0.15) is 71.1 Å². The lowest BCUT2D eigenvalue weighted by molar-refractivity contribution is -0.285. The zero-order chi connectivity index (χ0) is 15.6. The molecule has 0 spiro atoms. The summed E-state index contributed by atoms with van der Waals surface area (Å²) in [6, 6.07) is 0. The normalized spacial score (nSPS) is 13.2. The summed E-state index contributed by atoms with van der Waals surface area (Å²) in [6.07, 6.45) is -3.57. The van der Waals surface area contributed by atoms with Gasteiger partial charge in [-0.05, 0) is 6.42 Å². The van der Waals surface area contributed by atoms with E-state index >= 15 is 0 Å². The SMILES string of the molecule is CCCCCCCCCCCC(C(F)(F)F)C(F)(F)F. The van der Waals surface area contributed by atoms with Crippen LogP contribution in [0.15, 0.2) is 0 Å². The van der Waals surface area contributed by atoms with Gasteiger partial charge < -0.3 is 0 Å². The highest BCUT2D eigenvalue weighted by Crippen LogP contribution is 2.42. The fourth-order valence-electron chi connectivity index (χ4n) is 2.17. The van der Waals surface area contributed by atoms with Gasteiger partial charge in [0.15, 0.2) is 5.92 Å². The van der Waals surface area contributed by atoms with Crippen LogP contribution < -0.4 is 0 Å². The van der Waals surface area contributed by atoms with E-state index in [1.807, 2.05) is 0 Å². The highest BCUT2D eigenvalue weighted by molar-refractivity contribution is 4.75. The predicted molar refractivity (Wildman–Crippen MR) is 67.4 cm³/mol. The summed E-state index contributed by atoms with van der Waals surface area (Å²) in [6.45, 7) is 2.11. The van der Waals surface area contributed by atoms with Crippen molar-refractivity contribution in [2.75, 3.05) is 0 Å². The Morgan fingerprint density at radius 1 is 0.600 bits per heavy atom. The van der Waals surface area contributed by atoms with Crippen LogP contribution in [-0.2, 0) is 0 Å². The van der Waals surface area contributed by atoms with Gasteiger partial charge in [0.25, 0.3) is 0 Å². The Labute approximate surface area is 116 Å². The van der Waals surface area contributed by atoms with Crippen molar-refractivity contribution in [2.45, 2.75) is 83.5 Å². The number of alkyl halides is 6. The number of halogens is 6. The molecule has 122 valence electrons. The van der Waals surface area contributed by atoms with Gasteiger partial charge in [0.05, 0.1) is 0 Å². The molecule has 0 amide bonds. The predicted octanol–water partition coefficient (Wildman–Crippen LogP) is 6.65. The molecule has 0 aliphatic carbocycles. The second kappa shape index (κ2) is 9.50. The molecule has 0 aliphatic heterocycles. The maximum atomic E-state index is 12.2. The second-order valence-corrected chi connectivity index (χ2v) is 5.25. The van der Waals surface area contributed by atoms with Gasteiger partial charge in [0, 0.05) is 0 Å². The molecule has 0 atom stereocenters. The van der Waals surface area contributed by atoms with Crippen LogP contribution in [0, 0.1) is 5.92 Å². The Kier molecular flexibility index (Phi) is 9.30. The van der Waals surface area contributed by atoms with E-state index in [0.29, 0.717) is 12.8 Å². The lowest BCUT2D eigenvalue weighted by atomic mass is 9.99. The number of hydrogen-bond acceptors (Lipinski definition) is 0. The van der Waals surface area contributed by atoms with Crippen molar-refractivity contribution in [1.82, 2.24) is 0 Å². The number of unbranched alkanes of at least 4 members (excludes halogenated alkanes) is 8. The van der Waals surface area contributed by atoms with Gasteiger partial charge in [0.2, 0.25) is 0 Å². The van der Waals surface area contributed by atoms with Crippen LogP contribution >= 0.6 is 0 Å². The van der Waals surface area contributed by atoms with Crippen molar-refractivity contribution < 1.29 is 26.3 Å². The van der Waals surface area contributed by atoms with E-state index in [1.165, 1.54) is 6.42 Å². The molecule has 0 nitrogen and oxygen atoms in total. The zero-order valence-corrected chi connectivity index (χ0v) is 11.9. The fraction of sp³-hybridized carbons (Fsp3) is 1.00. The first kappa shape index (κ1) is 19.6. The first-order chi connectivity index (χ1) is 9.19. The molecule has 0 saturated carbocycles. The topological polar surface area (TPSA) is 0 Å². The van der Waals surface area contributed by atoms with E-state index in [0.717, 1.165) is 32.1 Å². The monoisotopic (exact) mass is 306 g/mol. The van der Waals surface area contributed by atoms with Gasteiger partial charge in [-0.3, -0.25) is 0 Å². The minimum Gasteiger partial charge on any atom is -0.170 e. The quantitative estimate of drug-likeness (QED) is 0.313. The van der Waals surface area contributed by atoms with Crippen LogP contribution in [0.3, 0.4) is 0 Å². The molecule has 0 rings (SSSR count). The third kappa shape index (κ3) is 9.48. The standard InChI is InChI=1S/C14H24F6/c1-2-3-4-5-6-7-8-9-10-11-12(13(15,16)17)14(18,19)20/h12H,2-11H2,1H3. The first-order valence-electron chi connectivity index (χ1n) is 7.33. The number of rotatable bonds is 10. The molecule has 0 aromatic rings. The second-order valence-electron chi connectivity index (χ2n) is 5.25. The Hall–Kier alpha value is -0.420. The van der Waals surface area contributed by atoms with E-state index in [-0.39, 0.29) is 6.42 Å². The summed E-state index contributed by atoms with van der Waals surface area (Å²) < 4.78 is 73.5. The fourth-order valence-corrected chi connectivity index (χ4v) is 2.17. The van der Waals surface area contributed by atoms with Gasteiger partial charge in [-0.25, -0.2) is 0 Å². The molecular formula is C14H24F6. The lowest BCUT2D eigenvalue weighted by Gasteiger charge is -2.22. The highest BCUT2D eigenvalue weighted by Gasteiger charge is 2.55. The van der Waals surface area contributed by atoms with Gasteiger partial charge in [-0.15, -0.1) is 0 Å². The van der Waals surface area contributed by atoms with Gasteiger partial charge in [-0.2, -0.15) is 26.3 Å². The summed E-state index contributed by atoms with van der Waals surface area (Å²) in [5.74, 6) is -3.17. The van der Waals surface area contributed by atoms with Crippen molar-refractivity contribution in [3.05, 3.63) is 0 Å².